The minimum absolute atomic E-state index is 0.0382. The molecule has 27 heavy (non-hydrogen) atoms. The van der Waals surface area contributed by atoms with E-state index in [1.165, 1.54) is 24.3 Å². The van der Waals surface area contributed by atoms with Crippen LogP contribution in [0.15, 0.2) is 82.6 Å². The molecule has 5 nitrogen and oxygen atoms in total. The van der Waals surface area contributed by atoms with Crippen LogP contribution in [0, 0.1) is 5.92 Å². The predicted molar refractivity (Wildman–Crippen MR) is 104 cm³/mol. The van der Waals surface area contributed by atoms with E-state index in [0.717, 1.165) is 0 Å². The van der Waals surface area contributed by atoms with Crippen molar-refractivity contribution >= 4 is 19.7 Å². The lowest BCUT2D eigenvalue weighted by Crippen LogP contribution is -2.35. The number of rotatable bonds is 6. The Kier molecular flexibility index (Phi) is 5.83. The summed E-state index contributed by atoms with van der Waals surface area (Å²) in [6, 6.07) is 15.2. The molecule has 0 saturated carbocycles. The molecule has 0 amide bonds. The topological polar surface area (TPSA) is 88.5 Å². The van der Waals surface area contributed by atoms with E-state index in [4.69, 9.17) is 0 Å². The summed E-state index contributed by atoms with van der Waals surface area (Å²) in [6.07, 6.45) is 3.83. The first-order chi connectivity index (χ1) is 12.8. The average molecular weight is 407 g/mol. The van der Waals surface area contributed by atoms with Crippen LogP contribution in [0.4, 0.5) is 0 Å². The third-order valence-corrected chi connectivity index (χ3v) is 9.95. The number of allylic oxidation sites excluding steroid dienone is 1. The van der Waals surface area contributed by atoms with Gasteiger partial charge in [-0.25, -0.2) is 16.8 Å². The molecule has 7 heteroatoms. The molecular weight excluding hydrogens is 384 g/mol. The zero-order chi connectivity index (χ0) is 19.5. The van der Waals surface area contributed by atoms with Gasteiger partial charge in [-0.1, -0.05) is 48.6 Å². The number of hydrogen-bond acceptors (Lipinski definition) is 5. The molecular formula is C20H22O5S2. The highest BCUT2D eigenvalue weighted by Gasteiger charge is 2.42. The SMILES string of the molecule is O=S(=O)(c1ccccc1)C(C[C@@H]1C=CCC[C@@H]1O)S(=O)(=O)c1ccccc1. The van der Waals surface area contributed by atoms with E-state index in [-0.39, 0.29) is 16.2 Å². The van der Waals surface area contributed by atoms with Gasteiger partial charge < -0.3 is 5.11 Å². The third kappa shape index (κ3) is 4.15. The van der Waals surface area contributed by atoms with Crippen molar-refractivity contribution in [3.8, 4) is 0 Å². The van der Waals surface area contributed by atoms with Crippen LogP contribution in [0.3, 0.4) is 0 Å². The molecule has 0 saturated heterocycles. The van der Waals surface area contributed by atoms with Crippen molar-refractivity contribution in [3.05, 3.63) is 72.8 Å². The zero-order valence-corrected chi connectivity index (χ0v) is 16.3. The molecule has 2 aromatic carbocycles. The predicted octanol–water partition coefficient (Wildman–Crippen LogP) is 2.98. The third-order valence-electron chi connectivity index (χ3n) is 4.81. The largest absolute Gasteiger partial charge is 0.393 e. The summed E-state index contributed by atoms with van der Waals surface area (Å²) in [5.41, 5.74) is 0. The molecule has 0 radical (unpaired) electrons. The van der Waals surface area contributed by atoms with Gasteiger partial charge in [-0.05, 0) is 43.5 Å². The molecule has 0 fully saturated rings. The number of aliphatic hydroxyl groups excluding tert-OH is 1. The van der Waals surface area contributed by atoms with E-state index in [0.29, 0.717) is 12.8 Å². The van der Waals surface area contributed by atoms with Crippen molar-refractivity contribution in [2.45, 2.75) is 39.7 Å². The van der Waals surface area contributed by atoms with Crippen LogP contribution in [0.2, 0.25) is 0 Å². The molecule has 3 rings (SSSR count). The Labute approximate surface area is 160 Å². The number of hydrogen-bond donors (Lipinski definition) is 1. The van der Waals surface area contributed by atoms with Gasteiger partial charge >= 0.3 is 0 Å². The molecule has 1 aliphatic carbocycles. The van der Waals surface area contributed by atoms with Crippen molar-refractivity contribution in [2.24, 2.45) is 5.92 Å². The summed E-state index contributed by atoms with van der Waals surface area (Å²) < 4.78 is 51.3. The van der Waals surface area contributed by atoms with E-state index in [9.17, 15) is 21.9 Å². The molecule has 1 aliphatic rings. The lowest BCUT2D eigenvalue weighted by atomic mass is 9.91. The Balaban J connectivity index is 2.09. The van der Waals surface area contributed by atoms with Crippen molar-refractivity contribution in [2.75, 3.05) is 0 Å². The molecule has 0 heterocycles. The van der Waals surface area contributed by atoms with Gasteiger partial charge in [-0.3, -0.25) is 0 Å². The summed E-state index contributed by atoms with van der Waals surface area (Å²) in [5, 5.41) is 10.2. The van der Waals surface area contributed by atoms with Crippen LogP contribution in [0.1, 0.15) is 19.3 Å². The van der Waals surface area contributed by atoms with Crippen molar-refractivity contribution in [3.63, 3.8) is 0 Å². The van der Waals surface area contributed by atoms with Gasteiger partial charge in [0, 0.05) is 5.92 Å². The molecule has 2 atom stereocenters. The Morgan fingerprint density at radius 1 is 0.852 bits per heavy atom. The Hall–Kier alpha value is -1.96. The van der Waals surface area contributed by atoms with Gasteiger partial charge in [0.25, 0.3) is 0 Å². The first kappa shape index (κ1) is 19.8. The molecule has 2 aromatic rings. The average Bonchev–Trinajstić information content (AvgIpc) is 2.68. The number of sulfone groups is 2. The smallest absolute Gasteiger partial charge is 0.195 e. The molecule has 0 unspecified atom stereocenters. The van der Waals surface area contributed by atoms with Crippen LogP contribution >= 0.6 is 0 Å². The van der Waals surface area contributed by atoms with Crippen LogP contribution in [-0.4, -0.2) is 32.6 Å². The molecule has 144 valence electrons. The Morgan fingerprint density at radius 3 is 1.78 bits per heavy atom. The normalized spacial score (nSPS) is 20.7. The summed E-state index contributed by atoms with van der Waals surface area (Å²) in [6.45, 7) is 0. The fraction of sp³-hybridized carbons (Fsp3) is 0.300. The molecule has 0 spiro atoms. The number of benzene rings is 2. The Morgan fingerprint density at radius 2 is 1.33 bits per heavy atom. The highest BCUT2D eigenvalue weighted by atomic mass is 32.3. The second-order valence-electron chi connectivity index (χ2n) is 6.62. The Bertz CT molecular complexity index is 927. The quantitative estimate of drug-likeness (QED) is 0.745. The second-order valence-corrected chi connectivity index (χ2v) is 11.2. The van der Waals surface area contributed by atoms with Gasteiger partial charge in [-0.15, -0.1) is 0 Å². The summed E-state index contributed by atoms with van der Waals surface area (Å²) >= 11 is 0. The first-order valence-corrected chi connectivity index (χ1v) is 11.9. The summed E-state index contributed by atoms with van der Waals surface area (Å²) in [4.78, 5) is -0.0763. The molecule has 0 bridgehead atoms. The first-order valence-electron chi connectivity index (χ1n) is 8.76. The highest BCUT2D eigenvalue weighted by Crippen LogP contribution is 2.33. The van der Waals surface area contributed by atoms with Crippen molar-refractivity contribution in [1.82, 2.24) is 0 Å². The lowest BCUT2D eigenvalue weighted by molar-refractivity contribution is 0.113. The minimum Gasteiger partial charge on any atom is -0.393 e. The van der Waals surface area contributed by atoms with Crippen LogP contribution in [0.25, 0.3) is 0 Å². The monoisotopic (exact) mass is 406 g/mol. The van der Waals surface area contributed by atoms with Gasteiger partial charge in [0.15, 0.2) is 24.3 Å². The standard InChI is InChI=1S/C20H22O5S2/c21-19-14-8-7-9-16(19)15-20(26(22,23)17-10-3-1-4-11-17)27(24,25)18-12-5-2-6-13-18/h1-7,9-13,16,19-21H,8,14-15H2/t16-,19-/m0/s1. The van der Waals surface area contributed by atoms with Gasteiger partial charge in [-0.2, -0.15) is 0 Å². The minimum atomic E-state index is -4.16. The van der Waals surface area contributed by atoms with Crippen LogP contribution < -0.4 is 0 Å². The second kappa shape index (κ2) is 7.96. The number of aliphatic hydroxyl groups is 1. The van der Waals surface area contributed by atoms with E-state index in [1.54, 1.807) is 42.5 Å². The van der Waals surface area contributed by atoms with Crippen molar-refractivity contribution < 1.29 is 21.9 Å². The maximum Gasteiger partial charge on any atom is 0.195 e. The molecule has 1 N–H and O–H groups in total. The fourth-order valence-electron chi connectivity index (χ4n) is 3.28. The summed E-state index contributed by atoms with van der Waals surface area (Å²) in [5.74, 6) is -0.527. The van der Waals surface area contributed by atoms with Gasteiger partial charge in [0.1, 0.15) is 0 Å². The van der Waals surface area contributed by atoms with E-state index >= 15 is 0 Å². The fourth-order valence-corrected chi connectivity index (χ4v) is 7.91. The maximum absolute atomic E-state index is 13.2. The lowest BCUT2D eigenvalue weighted by Gasteiger charge is -2.27. The van der Waals surface area contributed by atoms with E-state index in [1.807, 2.05) is 6.08 Å². The van der Waals surface area contributed by atoms with Crippen LogP contribution in [0.5, 0.6) is 0 Å². The zero-order valence-electron chi connectivity index (χ0n) is 14.7. The molecule has 0 aromatic heterocycles. The van der Waals surface area contributed by atoms with Gasteiger partial charge in [0.2, 0.25) is 0 Å². The summed E-state index contributed by atoms with van der Waals surface area (Å²) in [7, 11) is -8.33. The van der Waals surface area contributed by atoms with Gasteiger partial charge in [0.05, 0.1) is 15.9 Å². The van der Waals surface area contributed by atoms with Crippen LogP contribution in [-0.2, 0) is 19.7 Å². The maximum atomic E-state index is 13.2. The highest BCUT2D eigenvalue weighted by molar-refractivity contribution is 8.09. The van der Waals surface area contributed by atoms with E-state index < -0.39 is 36.3 Å². The van der Waals surface area contributed by atoms with Crippen molar-refractivity contribution in [1.29, 1.82) is 0 Å². The molecule has 0 aliphatic heterocycles. The van der Waals surface area contributed by atoms with E-state index in [2.05, 4.69) is 0 Å².